The number of hydrogen-bond acceptors (Lipinski definition) is 8. The van der Waals surface area contributed by atoms with Crippen LogP contribution in [0.5, 0.6) is 0 Å². The highest BCUT2D eigenvalue weighted by molar-refractivity contribution is 8.03. The third-order valence-corrected chi connectivity index (χ3v) is 11.2. The molecular weight excluding hydrogens is 467 g/mol. The number of nitrogens with zero attached hydrogens (tertiary/aromatic N) is 1. The highest BCUT2D eigenvalue weighted by Crippen LogP contribution is 2.43. The number of hydrogen-bond donors (Lipinski definition) is 3. The summed E-state index contributed by atoms with van der Waals surface area (Å²) >= 11 is 16.4. The van der Waals surface area contributed by atoms with Gasteiger partial charge in [0.1, 0.15) is 6.23 Å². The predicted octanol–water partition coefficient (Wildman–Crippen LogP) is 4.11. The van der Waals surface area contributed by atoms with Crippen molar-refractivity contribution in [3.05, 3.63) is 0 Å². The first-order valence-corrected chi connectivity index (χ1v) is 16.0. The molecule has 4 unspecified atom stereocenters. The Morgan fingerprint density at radius 2 is 1.57 bits per heavy atom. The lowest BCUT2D eigenvalue weighted by Gasteiger charge is -2.31. The second kappa shape index (κ2) is 15.4. The van der Waals surface area contributed by atoms with E-state index in [0.717, 1.165) is 66.0 Å². The number of aliphatic hydroxyl groups excluding tert-OH is 1. The zero-order valence-electron chi connectivity index (χ0n) is 16.5. The average Bonchev–Trinajstić information content (AvgIpc) is 2.94. The Balaban J connectivity index is 1.64. The zero-order valence-corrected chi connectivity index (χ0v) is 21.6. The van der Waals surface area contributed by atoms with Crippen LogP contribution in [-0.2, 0) is 4.79 Å². The molecule has 1 saturated carbocycles. The van der Waals surface area contributed by atoms with Gasteiger partial charge in [0.05, 0.1) is 0 Å². The molecule has 1 heterocycles. The number of thioether (sulfide) groups is 4. The Hall–Kier alpha value is 1.53. The molecule has 1 amide bonds. The Morgan fingerprint density at radius 3 is 2.25 bits per heavy atom. The zero-order chi connectivity index (χ0) is 20.2. The Labute approximate surface area is 199 Å². The molecule has 2 rings (SSSR count). The second-order valence-electron chi connectivity index (χ2n) is 7.16. The van der Waals surface area contributed by atoms with Crippen LogP contribution in [0.2, 0.25) is 0 Å². The maximum atomic E-state index is 12.8. The molecule has 0 radical (unpaired) electrons. The number of rotatable bonds is 15. The summed E-state index contributed by atoms with van der Waals surface area (Å²) < 4.78 is 0. The maximum Gasteiger partial charge on any atom is 0.228 e. The smallest absolute Gasteiger partial charge is 0.228 e. The van der Waals surface area contributed by atoms with Gasteiger partial charge in [0, 0.05) is 58.1 Å². The van der Waals surface area contributed by atoms with Gasteiger partial charge in [-0.3, -0.25) is 4.79 Å². The van der Waals surface area contributed by atoms with Crippen LogP contribution in [0, 0.1) is 11.8 Å². The van der Waals surface area contributed by atoms with E-state index in [1.807, 2.05) is 47.0 Å². The lowest BCUT2D eigenvalue weighted by atomic mass is 9.80. The molecule has 4 atom stereocenters. The SMILES string of the molecule is O=C1C2CCC(SCCSCCS)CC2C(O)N1CCCSCCSCCS. The molecule has 3 nitrogen and oxygen atoms in total. The van der Waals surface area contributed by atoms with Gasteiger partial charge in [-0.15, -0.1) is 0 Å². The third kappa shape index (κ3) is 8.58. The maximum absolute atomic E-state index is 12.8. The fraction of sp³-hybridized carbons (Fsp3) is 0.947. The van der Waals surface area contributed by atoms with E-state index in [9.17, 15) is 9.90 Å². The minimum atomic E-state index is -0.560. The molecule has 1 N–H and O–H groups in total. The quantitative estimate of drug-likeness (QED) is 0.232. The molecule has 1 aliphatic carbocycles. The lowest BCUT2D eigenvalue weighted by molar-refractivity contribution is -0.135. The van der Waals surface area contributed by atoms with Gasteiger partial charge in [-0.25, -0.2) is 0 Å². The first kappa shape index (κ1) is 25.8. The molecule has 164 valence electrons. The summed E-state index contributed by atoms with van der Waals surface area (Å²) in [7, 11) is 0. The summed E-state index contributed by atoms with van der Waals surface area (Å²) in [5.74, 6) is 10.3. The molecule has 0 aromatic carbocycles. The van der Waals surface area contributed by atoms with Crippen LogP contribution in [0.4, 0.5) is 0 Å². The van der Waals surface area contributed by atoms with Crippen molar-refractivity contribution in [1.29, 1.82) is 0 Å². The van der Waals surface area contributed by atoms with Gasteiger partial charge in [0.25, 0.3) is 0 Å². The van der Waals surface area contributed by atoms with Crippen LogP contribution in [0.25, 0.3) is 0 Å². The molecule has 2 aliphatic rings. The van der Waals surface area contributed by atoms with E-state index in [2.05, 4.69) is 25.3 Å². The molecule has 1 aliphatic heterocycles. The van der Waals surface area contributed by atoms with E-state index in [4.69, 9.17) is 0 Å². The fourth-order valence-electron chi connectivity index (χ4n) is 3.93. The van der Waals surface area contributed by atoms with Crippen molar-refractivity contribution in [2.45, 2.75) is 37.2 Å². The molecule has 0 spiro atoms. The van der Waals surface area contributed by atoms with E-state index in [0.29, 0.717) is 11.8 Å². The molecule has 2 fully saturated rings. The number of aliphatic hydroxyl groups is 1. The van der Waals surface area contributed by atoms with Crippen LogP contribution in [0.1, 0.15) is 25.7 Å². The summed E-state index contributed by atoms with van der Waals surface area (Å²) in [6.45, 7) is 0.710. The van der Waals surface area contributed by atoms with E-state index in [1.54, 1.807) is 4.90 Å². The van der Waals surface area contributed by atoms with Crippen LogP contribution >= 0.6 is 72.3 Å². The normalized spacial score (nSPS) is 27.4. The number of carbonyl (C=O) groups is 1. The van der Waals surface area contributed by atoms with Crippen molar-refractivity contribution in [2.75, 3.05) is 58.3 Å². The number of likely N-dealkylation sites (tertiary alicyclic amines) is 1. The van der Waals surface area contributed by atoms with Crippen molar-refractivity contribution in [2.24, 2.45) is 11.8 Å². The Kier molecular flexibility index (Phi) is 14.1. The van der Waals surface area contributed by atoms with Gasteiger partial charge in [0.2, 0.25) is 5.91 Å². The molecule has 0 aromatic rings. The lowest BCUT2D eigenvalue weighted by Crippen LogP contribution is -2.36. The largest absolute Gasteiger partial charge is 0.373 e. The van der Waals surface area contributed by atoms with E-state index < -0.39 is 6.23 Å². The van der Waals surface area contributed by atoms with Crippen molar-refractivity contribution >= 4 is 78.2 Å². The standard InChI is InChI=1S/C19H35NO2S6/c21-18-16-3-2-15(28-13-12-27-9-6-24)14-17(16)19(22)20(18)4-1-7-25-10-11-26-8-5-23/h15-17,19,22-24H,1-14H2. The van der Waals surface area contributed by atoms with Gasteiger partial charge >= 0.3 is 0 Å². The van der Waals surface area contributed by atoms with E-state index in [-0.39, 0.29) is 17.7 Å². The summed E-state index contributed by atoms with van der Waals surface area (Å²) in [5.41, 5.74) is 0. The van der Waals surface area contributed by atoms with Gasteiger partial charge in [-0.2, -0.15) is 72.3 Å². The van der Waals surface area contributed by atoms with Crippen molar-refractivity contribution < 1.29 is 9.90 Å². The molecule has 9 heteroatoms. The average molecular weight is 502 g/mol. The van der Waals surface area contributed by atoms with E-state index in [1.165, 1.54) is 11.5 Å². The number of thiol groups is 2. The highest BCUT2D eigenvalue weighted by atomic mass is 32.2. The Bertz CT molecular complexity index is 445. The topological polar surface area (TPSA) is 40.5 Å². The molecule has 0 bridgehead atoms. The molecule has 28 heavy (non-hydrogen) atoms. The van der Waals surface area contributed by atoms with Crippen molar-refractivity contribution in [1.82, 2.24) is 4.90 Å². The van der Waals surface area contributed by atoms with E-state index >= 15 is 0 Å². The molecule has 1 saturated heterocycles. The van der Waals surface area contributed by atoms with Crippen LogP contribution in [0.15, 0.2) is 0 Å². The van der Waals surface area contributed by atoms with Gasteiger partial charge in [-0.1, -0.05) is 0 Å². The predicted molar refractivity (Wildman–Crippen MR) is 139 cm³/mol. The highest BCUT2D eigenvalue weighted by Gasteiger charge is 2.49. The molecule has 0 aromatic heterocycles. The minimum Gasteiger partial charge on any atom is -0.373 e. The van der Waals surface area contributed by atoms with Gasteiger partial charge in [-0.05, 0) is 42.9 Å². The second-order valence-corrected chi connectivity index (χ2v) is 13.1. The first-order chi connectivity index (χ1) is 13.7. The summed E-state index contributed by atoms with van der Waals surface area (Å²) in [6.07, 6.45) is 3.48. The summed E-state index contributed by atoms with van der Waals surface area (Å²) in [6, 6.07) is 0. The fourth-order valence-corrected chi connectivity index (χ4v) is 8.71. The summed E-state index contributed by atoms with van der Waals surface area (Å²) in [4.78, 5) is 14.5. The van der Waals surface area contributed by atoms with Gasteiger partial charge < -0.3 is 10.0 Å². The third-order valence-electron chi connectivity index (χ3n) is 5.27. The van der Waals surface area contributed by atoms with Crippen LogP contribution in [0.3, 0.4) is 0 Å². The molecular formula is C19H35NO2S6. The minimum absolute atomic E-state index is 0.0655. The number of fused-ring (bicyclic) bond motifs is 1. The van der Waals surface area contributed by atoms with Gasteiger partial charge in [0.15, 0.2) is 0 Å². The monoisotopic (exact) mass is 501 g/mol. The van der Waals surface area contributed by atoms with Crippen LogP contribution < -0.4 is 0 Å². The summed E-state index contributed by atoms with van der Waals surface area (Å²) in [5, 5.41) is 11.4. The van der Waals surface area contributed by atoms with Crippen LogP contribution in [-0.4, -0.2) is 85.7 Å². The van der Waals surface area contributed by atoms with Crippen molar-refractivity contribution in [3.8, 4) is 0 Å². The Morgan fingerprint density at radius 1 is 0.929 bits per heavy atom. The first-order valence-electron chi connectivity index (χ1n) is 10.2. The van der Waals surface area contributed by atoms with Crippen molar-refractivity contribution in [3.63, 3.8) is 0 Å². The number of amides is 1. The number of carbonyl (C=O) groups excluding carboxylic acids is 1.